The minimum atomic E-state index is -0.408. The lowest BCUT2D eigenvalue weighted by Crippen LogP contribution is -2.44. The van der Waals surface area contributed by atoms with E-state index in [1.807, 2.05) is 17.9 Å². The molecule has 0 aliphatic carbocycles. The van der Waals surface area contributed by atoms with Gasteiger partial charge in [0.05, 0.1) is 6.04 Å². The fraction of sp³-hybridized carbons (Fsp3) is 0.429. The van der Waals surface area contributed by atoms with Crippen molar-refractivity contribution in [3.63, 3.8) is 0 Å². The Morgan fingerprint density at radius 3 is 3.09 bits per heavy atom. The van der Waals surface area contributed by atoms with Crippen molar-refractivity contribution in [2.24, 2.45) is 0 Å². The molecule has 0 unspecified atom stereocenters. The monoisotopic (exact) mass is 319 g/mol. The summed E-state index contributed by atoms with van der Waals surface area (Å²) in [5.41, 5.74) is 1.54. The number of carbonyl (C=O) groups is 1. The summed E-state index contributed by atoms with van der Waals surface area (Å²) >= 11 is 1.34. The molecular formula is C14H14FN5OS. The molecule has 0 saturated carbocycles. The predicted octanol–water partition coefficient (Wildman–Crippen LogP) is 2.67. The number of rotatable bonds is 1. The summed E-state index contributed by atoms with van der Waals surface area (Å²) in [6.07, 6.45) is 3.72. The fourth-order valence-electron chi connectivity index (χ4n) is 3.43. The second-order valence-electron chi connectivity index (χ2n) is 5.58. The van der Waals surface area contributed by atoms with E-state index in [9.17, 15) is 9.18 Å². The van der Waals surface area contributed by atoms with Crippen molar-refractivity contribution in [2.75, 3.05) is 5.32 Å². The third-order valence-corrected chi connectivity index (χ3v) is 5.07. The van der Waals surface area contributed by atoms with Crippen molar-refractivity contribution >= 4 is 22.5 Å². The maximum Gasteiger partial charge on any atom is 0.324 e. The van der Waals surface area contributed by atoms with E-state index in [0.717, 1.165) is 23.4 Å². The molecule has 6 nitrogen and oxygen atoms in total. The Kier molecular flexibility index (Phi) is 3.07. The Morgan fingerprint density at radius 2 is 2.32 bits per heavy atom. The number of urea groups is 1. The highest BCUT2D eigenvalue weighted by Crippen LogP contribution is 2.44. The number of anilines is 1. The number of pyridine rings is 1. The quantitative estimate of drug-likeness (QED) is 0.820. The fourth-order valence-corrected chi connectivity index (χ4v) is 4.01. The van der Waals surface area contributed by atoms with Crippen molar-refractivity contribution in [1.29, 1.82) is 0 Å². The van der Waals surface area contributed by atoms with Crippen molar-refractivity contribution in [1.82, 2.24) is 20.1 Å². The average Bonchev–Trinajstić information content (AvgIpc) is 3.03. The Morgan fingerprint density at radius 1 is 1.45 bits per heavy atom. The first-order chi connectivity index (χ1) is 10.6. The minimum absolute atomic E-state index is 0.0187. The third kappa shape index (κ3) is 2.06. The number of hydrogen-bond donors (Lipinski definition) is 1. The first-order valence-corrected chi connectivity index (χ1v) is 7.98. The standard InChI is InChI=1S/C14H14FN5OS/c1-7-18-19-13(22-7)17-14(21)20-8-2-3-11(20)9-4-5-16-12(15)10(9)6-8/h4-5,8,11H,2-3,6H2,1H3,(H,17,19,21)/t8-,11+/m1/s1. The van der Waals surface area contributed by atoms with E-state index in [2.05, 4.69) is 20.5 Å². The summed E-state index contributed by atoms with van der Waals surface area (Å²) in [5, 5.41) is 11.9. The smallest absolute Gasteiger partial charge is 0.314 e. The Labute approximate surface area is 130 Å². The van der Waals surface area contributed by atoms with Crippen LogP contribution in [0.2, 0.25) is 0 Å². The third-order valence-electron chi connectivity index (χ3n) is 4.32. The van der Waals surface area contributed by atoms with Crippen LogP contribution < -0.4 is 5.32 Å². The molecule has 4 rings (SSSR count). The van der Waals surface area contributed by atoms with Gasteiger partial charge >= 0.3 is 6.03 Å². The summed E-state index contributed by atoms with van der Waals surface area (Å²) < 4.78 is 13.9. The van der Waals surface area contributed by atoms with Crippen LogP contribution in [0, 0.1) is 12.9 Å². The molecule has 2 aliphatic rings. The maximum absolute atomic E-state index is 13.9. The van der Waals surface area contributed by atoms with Crippen LogP contribution in [0.4, 0.5) is 14.3 Å². The van der Waals surface area contributed by atoms with Crippen LogP contribution in [0.15, 0.2) is 12.3 Å². The van der Waals surface area contributed by atoms with Crippen LogP contribution in [-0.4, -0.2) is 32.2 Å². The zero-order chi connectivity index (χ0) is 15.3. The van der Waals surface area contributed by atoms with Crippen LogP contribution >= 0.6 is 11.3 Å². The number of amides is 2. The average molecular weight is 319 g/mol. The molecule has 1 saturated heterocycles. The number of hydrogen-bond acceptors (Lipinski definition) is 5. The van der Waals surface area contributed by atoms with Gasteiger partial charge in [0.15, 0.2) is 0 Å². The van der Waals surface area contributed by atoms with Gasteiger partial charge in [-0.05, 0) is 37.8 Å². The number of aryl methyl sites for hydroxylation is 1. The van der Waals surface area contributed by atoms with Crippen molar-refractivity contribution in [3.8, 4) is 0 Å². The maximum atomic E-state index is 13.9. The lowest BCUT2D eigenvalue weighted by atomic mass is 9.95. The summed E-state index contributed by atoms with van der Waals surface area (Å²) in [6, 6.07) is 1.57. The molecule has 22 heavy (non-hydrogen) atoms. The first kappa shape index (κ1) is 13.6. The highest BCUT2D eigenvalue weighted by Gasteiger charge is 2.43. The van der Waals surface area contributed by atoms with E-state index in [4.69, 9.17) is 0 Å². The van der Waals surface area contributed by atoms with Crippen LogP contribution in [0.3, 0.4) is 0 Å². The van der Waals surface area contributed by atoms with Crippen molar-refractivity contribution in [3.05, 3.63) is 34.3 Å². The SMILES string of the molecule is Cc1nnc(NC(=O)N2[C@@H]3CC[C@H]2c2ccnc(F)c2C3)s1. The van der Waals surface area contributed by atoms with Crippen LogP contribution in [-0.2, 0) is 6.42 Å². The Hall–Kier alpha value is -2.09. The number of nitrogens with zero attached hydrogens (tertiary/aromatic N) is 4. The van der Waals surface area contributed by atoms with Gasteiger partial charge in [0.25, 0.3) is 0 Å². The molecular weight excluding hydrogens is 305 g/mol. The highest BCUT2D eigenvalue weighted by atomic mass is 32.1. The Balaban J connectivity index is 1.62. The first-order valence-electron chi connectivity index (χ1n) is 7.16. The highest BCUT2D eigenvalue weighted by molar-refractivity contribution is 7.15. The molecule has 2 aromatic heterocycles. The molecule has 2 aromatic rings. The molecule has 4 heterocycles. The Bertz CT molecular complexity index is 749. The molecule has 0 spiro atoms. The normalized spacial score (nSPS) is 22.5. The van der Waals surface area contributed by atoms with Gasteiger partial charge in [0.2, 0.25) is 11.1 Å². The molecule has 0 aromatic carbocycles. The molecule has 2 bridgehead atoms. The number of aromatic nitrogens is 3. The zero-order valence-corrected chi connectivity index (χ0v) is 12.7. The molecule has 8 heteroatoms. The summed E-state index contributed by atoms with van der Waals surface area (Å²) in [6.45, 7) is 1.84. The van der Waals surface area contributed by atoms with Gasteiger partial charge in [0, 0.05) is 17.8 Å². The molecule has 0 radical (unpaired) electrons. The van der Waals surface area contributed by atoms with Gasteiger partial charge in [-0.3, -0.25) is 5.32 Å². The van der Waals surface area contributed by atoms with Gasteiger partial charge in [-0.2, -0.15) is 4.39 Å². The lowest BCUT2D eigenvalue weighted by Gasteiger charge is -2.35. The van der Waals surface area contributed by atoms with Gasteiger partial charge in [-0.1, -0.05) is 11.3 Å². The summed E-state index contributed by atoms with van der Waals surface area (Å²) in [5.74, 6) is -0.408. The molecule has 2 aliphatic heterocycles. The number of carbonyl (C=O) groups excluding carboxylic acids is 1. The van der Waals surface area contributed by atoms with E-state index >= 15 is 0 Å². The van der Waals surface area contributed by atoms with E-state index in [1.165, 1.54) is 17.5 Å². The summed E-state index contributed by atoms with van der Waals surface area (Å²) in [4.78, 5) is 18.1. The molecule has 2 amide bonds. The van der Waals surface area contributed by atoms with Crippen molar-refractivity contribution in [2.45, 2.75) is 38.3 Å². The number of nitrogens with one attached hydrogen (secondary N) is 1. The van der Waals surface area contributed by atoms with Gasteiger partial charge in [-0.15, -0.1) is 10.2 Å². The van der Waals surface area contributed by atoms with Crippen LogP contribution in [0.5, 0.6) is 0 Å². The lowest BCUT2D eigenvalue weighted by molar-refractivity contribution is 0.178. The minimum Gasteiger partial charge on any atom is -0.314 e. The van der Waals surface area contributed by atoms with Crippen LogP contribution in [0.25, 0.3) is 0 Å². The molecule has 1 N–H and O–H groups in total. The van der Waals surface area contributed by atoms with Crippen LogP contribution in [0.1, 0.15) is 35.0 Å². The zero-order valence-electron chi connectivity index (χ0n) is 11.9. The van der Waals surface area contributed by atoms with Crippen molar-refractivity contribution < 1.29 is 9.18 Å². The van der Waals surface area contributed by atoms with E-state index in [0.29, 0.717) is 17.1 Å². The topological polar surface area (TPSA) is 71.0 Å². The second-order valence-corrected chi connectivity index (χ2v) is 6.77. The summed E-state index contributed by atoms with van der Waals surface area (Å²) in [7, 11) is 0. The van der Waals surface area contributed by atoms with E-state index in [-0.39, 0.29) is 18.1 Å². The largest absolute Gasteiger partial charge is 0.324 e. The van der Waals surface area contributed by atoms with E-state index in [1.54, 1.807) is 0 Å². The van der Waals surface area contributed by atoms with Gasteiger partial charge in [-0.25, -0.2) is 9.78 Å². The molecule has 1 fully saturated rings. The predicted molar refractivity (Wildman–Crippen MR) is 79.2 cm³/mol. The van der Waals surface area contributed by atoms with Gasteiger partial charge < -0.3 is 4.90 Å². The number of fused-ring (bicyclic) bond motifs is 4. The second kappa shape index (κ2) is 4.98. The molecule has 114 valence electrons. The van der Waals surface area contributed by atoms with E-state index < -0.39 is 5.95 Å². The number of halogens is 1. The van der Waals surface area contributed by atoms with Gasteiger partial charge in [0.1, 0.15) is 5.01 Å². The molecule has 2 atom stereocenters.